The lowest BCUT2D eigenvalue weighted by molar-refractivity contribution is -0.0937. The van der Waals surface area contributed by atoms with E-state index in [4.69, 9.17) is 23.2 Å². The molecule has 0 radical (unpaired) electrons. The molecule has 1 N–H and O–H groups in total. The molecule has 0 atom stereocenters. The maximum atomic E-state index is 13.5. The van der Waals surface area contributed by atoms with E-state index in [1.54, 1.807) is 24.3 Å². The molecule has 0 unspecified atom stereocenters. The third-order valence-corrected chi connectivity index (χ3v) is 7.76. The number of hydrogen-bond acceptors (Lipinski definition) is 4. The summed E-state index contributed by atoms with van der Waals surface area (Å²) >= 11 is 12.0. The summed E-state index contributed by atoms with van der Waals surface area (Å²) in [5.41, 5.74) is 0.265. The molecule has 168 valence electrons. The summed E-state index contributed by atoms with van der Waals surface area (Å²) < 4.78 is 52.4. The molecule has 4 nitrogen and oxygen atoms in total. The van der Waals surface area contributed by atoms with Crippen molar-refractivity contribution in [3.05, 3.63) is 99.5 Å². The maximum absolute atomic E-state index is 13.5. The van der Waals surface area contributed by atoms with Crippen LogP contribution in [0.3, 0.4) is 0 Å². The van der Waals surface area contributed by atoms with E-state index >= 15 is 0 Å². The Bertz CT molecular complexity index is 1160. The zero-order chi connectivity index (χ0) is 23.1. The molecule has 0 amide bonds. The molecule has 1 fully saturated rings. The smallest absolute Gasteiger partial charge is 0.181 e. The second-order valence-electron chi connectivity index (χ2n) is 8.00. The fourth-order valence-corrected chi connectivity index (χ4v) is 5.93. The first-order valence-corrected chi connectivity index (χ1v) is 12.1. The van der Waals surface area contributed by atoms with Crippen LogP contribution in [0.4, 0.5) is 8.78 Å². The van der Waals surface area contributed by atoms with Gasteiger partial charge in [0.2, 0.25) is 0 Å². The molecule has 9 heteroatoms. The van der Waals surface area contributed by atoms with Crippen molar-refractivity contribution >= 4 is 33.0 Å². The van der Waals surface area contributed by atoms with Crippen LogP contribution in [0.15, 0.2) is 71.6 Å². The monoisotopic (exact) mass is 497 g/mol. The molecule has 0 aromatic heterocycles. The Morgan fingerprint density at radius 2 is 1.31 bits per heavy atom. The summed E-state index contributed by atoms with van der Waals surface area (Å²) in [7, 11) is -4.11. The fraction of sp³-hybridized carbons (Fsp3) is 0.217. The molecule has 1 heterocycles. The van der Waals surface area contributed by atoms with Crippen LogP contribution in [0.2, 0.25) is 10.0 Å². The number of β-amino-alcohol motifs (C(OH)–C–C–N with tert-alkyl or cyclic N) is 1. The summed E-state index contributed by atoms with van der Waals surface area (Å²) in [6, 6.07) is 16.3. The molecule has 0 spiro atoms. The fourth-order valence-electron chi connectivity index (χ4n) is 4.03. The molecule has 0 aliphatic carbocycles. The average Bonchev–Trinajstić information content (AvgIpc) is 2.68. The molecular formula is C23H19Cl2F2NO3S. The summed E-state index contributed by atoms with van der Waals surface area (Å²) in [6.45, 7) is 0.111. The predicted molar refractivity (Wildman–Crippen MR) is 120 cm³/mol. The lowest BCUT2D eigenvalue weighted by atomic mass is 9.88. The Morgan fingerprint density at radius 3 is 1.75 bits per heavy atom. The minimum absolute atomic E-state index is 0.0555. The van der Waals surface area contributed by atoms with E-state index in [9.17, 15) is 22.3 Å². The highest BCUT2D eigenvalue weighted by Gasteiger charge is 2.47. The topological polar surface area (TPSA) is 57.6 Å². The summed E-state index contributed by atoms with van der Waals surface area (Å²) in [5.74, 6) is -2.62. The van der Waals surface area contributed by atoms with Crippen molar-refractivity contribution in [3.8, 4) is 0 Å². The van der Waals surface area contributed by atoms with Crippen molar-refractivity contribution in [2.45, 2.75) is 16.5 Å². The zero-order valence-corrected chi connectivity index (χ0v) is 19.0. The van der Waals surface area contributed by atoms with Crippen molar-refractivity contribution in [3.63, 3.8) is 0 Å². The maximum Gasteiger partial charge on any atom is 0.181 e. The third-order valence-electron chi connectivity index (χ3n) is 5.39. The van der Waals surface area contributed by atoms with Crippen LogP contribution < -0.4 is 0 Å². The van der Waals surface area contributed by atoms with Gasteiger partial charge in [-0.2, -0.15) is 0 Å². The van der Waals surface area contributed by atoms with Crippen molar-refractivity contribution in [1.29, 1.82) is 0 Å². The molecule has 3 aromatic carbocycles. The first kappa shape index (κ1) is 23.1. The van der Waals surface area contributed by atoms with E-state index in [1.807, 2.05) is 29.2 Å². The van der Waals surface area contributed by atoms with Gasteiger partial charge in [0.05, 0.1) is 16.7 Å². The van der Waals surface area contributed by atoms with Gasteiger partial charge in [-0.25, -0.2) is 17.2 Å². The normalized spacial score (nSPS) is 16.2. The van der Waals surface area contributed by atoms with Gasteiger partial charge < -0.3 is 5.11 Å². The highest BCUT2D eigenvalue weighted by atomic mass is 35.5. The lowest BCUT2D eigenvalue weighted by Gasteiger charge is -2.50. The molecule has 32 heavy (non-hydrogen) atoms. The van der Waals surface area contributed by atoms with Crippen LogP contribution in [-0.2, 0) is 9.84 Å². The summed E-state index contributed by atoms with van der Waals surface area (Å²) in [4.78, 5) is 1.43. The molecule has 3 aromatic rings. The minimum Gasteiger partial charge on any atom is -0.386 e. The second kappa shape index (κ2) is 8.72. The van der Waals surface area contributed by atoms with Crippen LogP contribution in [-0.4, -0.2) is 42.9 Å². The highest BCUT2D eigenvalue weighted by molar-refractivity contribution is 7.91. The number of nitrogens with zero attached hydrogens (tertiary/aromatic N) is 1. The SMILES string of the molecule is O=S(=O)(CC1(O)CN(C(c2ccc(Cl)cc2)c2ccc(Cl)cc2)C1)c1cc(F)cc(F)c1. The minimum atomic E-state index is -4.11. The van der Waals surface area contributed by atoms with Crippen LogP contribution in [0.25, 0.3) is 0 Å². The Balaban J connectivity index is 1.57. The largest absolute Gasteiger partial charge is 0.386 e. The Morgan fingerprint density at radius 1 is 0.875 bits per heavy atom. The van der Waals surface area contributed by atoms with E-state index < -0.39 is 37.7 Å². The quantitative estimate of drug-likeness (QED) is 0.527. The molecular weight excluding hydrogens is 479 g/mol. The van der Waals surface area contributed by atoms with Gasteiger partial charge in [0.15, 0.2) is 9.84 Å². The van der Waals surface area contributed by atoms with Crippen molar-refractivity contribution in [1.82, 2.24) is 4.90 Å². The van der Waals surface area contributed by atoms with Crippen molar-refractivity contribution in [2.75, 3.05) is 18.8 Å². The van der Waals surface area contributed by atoms with Crippen LogP contribution >= 0.6 is 23.2 Å². The molecule has 1 saturated heterocycles. The Kier molecular flexibility index (Phi) is 6.31. The van der Waals surface area contributed by atoms with Crippen molar-refractivity contribution in [2.24, 2.45) is 0 Å². The van der Waals surface area contributed by atoms with Crippen LogP contribution in [0.5, 0.6) is 0 Å². The predicted octanol–water partition coefficient (Wildman–Crippen LogP) is 4.88. The van der Waals surface area contributed by atoms with E-state index in [0.717, 1.165) is 23.3 Å². The molecule has 0 bridgehead atoms. The summed E-state index contributed by atoms with van der Waals surface area (Å²) in [5, 5.41) is 12.1. The number of hydrogen-bond donors (Lipinski definition) is 1. The van der Waals surface area contributed by atoms with Gasteiger partial charge in [-0.05, 0) is 47.5 Å². The first-order chi connectivity index (χ1) is 15.0. The van der Waals surface area contributed by atoms with E-state index in [0.29, 0.717) is 16.1 Å². The first-order valence-electron chi connectivity index (χ1n) is 9.71. The van der Waals surface area contributed by atoms with Crippen LogP contribution in [0.1, 0.15) is 17.2 Å². The van der Waals surface area contributed by atoms with Gasteiger partial charge in [-0.3, -0.25) is 4.90 Å². The lowest BCUT2D eigenvalue weighted by Crippen LogP contribution is -2.65. The number of rotatable bonds is 6. The number of halogens is 4. The van der Waals surface area contributed by atoms with E-state index in [2.05, 4.69) is 0 Å². The van der Waals surface area contributed by atoms with Crippen molar-refractivity contribution < 1.29 is 22.3 Å². The van der Waals surface area contributed by atoms with Crippen LogP contribution in [0, 0.1) is 11.6 Å². The van der Waals surface area contributed by atoms with E-state index in [-0.39, 0.29) is 19.1 Å². The summed E-state index contributed by atoms with van der Waals surface area (Å²) in [6.07, 6.45) is 0. The third kappa shape index (κ3) is 4.97. The number of likely N-dealkylation sites (tertiary alicyclic amines) is 1. The number of aliphatic hydroxyl groups is 1. The van der Waals surface area contributed by atoms with Gasteiger partial charge in [0.1, 0.15) is 17.2 Å². The average molecular weight is 498 g/mol. The molecule has 4 rings (SSSR count). The standard InChI is InChI=1S/C23H19Cl2F2NO3S/c24-17-5-1-15(2-6-17)22(16-3-7-18(25)8-4-16)28-12-23(29,13-28)14-32(30,31)21-10-19(26)9-20(27)11-21/h1-11,22,29H,12-14H2. The van der Waals surface area contributed by atoms with Gasteiger partial charge in [-0.15, -0.1) is 0 Å². The molecule has 0 saturated carbocycles. The van der Waals surface area contributed by atoms with Gasteiger partial charge in [0, 0.05) is 29.2 Å². The number of benzene rings is 3. The Hall–Kier alpha value is -2.03. The molecule has 1 aliphatic heterocycles. The Labute approximate surface area is 194 Å². The molecule has 1 aliphatic rings. The van der Waals surface area contributed by atoms with E-state index in [1.165, 1.54) is 0 Å². The second-order valence-corrected chi connectivity index (χ2v) is 10.9. The van der Waals surface area contributed by atoms with Gasteiger partial charge in [0.25, 0.3) is 0 Å². The van der Waals surface area contributed by atoms with Gasteiger partial charge in [-0.1, -0.05) is 47.5 Å². The number of sulfone groups is 1. The zero-order valence-electron chi connectivity index (χ0n) is 16.7. The van der Waals surface area contributed by atoms with Gasteiger partial charge >= 0.3 is 0 Å². The highest BCUT2D eigenvalue weighted by Crippen LogP contribution is 2.38.